The van der Waals surface area contributed by atoms with Gasteiger partial charge in [0.2, 0.25) is 0 Å². The molecule has 2 rings (SSSR count). The molecule has 0 saturated heterocycles. The number of hydrogen-bond acceptors (Lipinski definition) is 2. The Labute approximate surface area is 94.9 Å². The lowest BCUT2D eigenvalue weighted by Gasteiger charge is -2.25. The summed E-state index contributed by atoms with van der Waals surface area (Å²) < 4.78 is 0. The topological polar surface area (TPSA) is 49.3 Å². The van der Waals surface area contributed by atoms with Crippen LogP contribution in [0.3, 0.4) is 0 Å². The second-order valence-corrected chi connectivity index (χ2v) is 3.55. The van der Waals surface area contributed by atoms with Crippen molar-refractivity contribution in [1.82, 2.24) is 5.32 Å². The molecule has 0 aliphatic carbocycles. The molecule has 1 aliphatic rings. The maximum Gasteiger partial charge on any atom is 0.305 e. The Morgan fingerprint density at radius 1 is 1.47 bits per heavy atom. The third kappa shape index (κ3) is 2.70. The lowest BCUT2D eigenvalue weighted by molar-refractivity contribution is -0.137. The van der Waals surface area contributed by atoms with Gasteiger partial charge in [0.25, 0.3) is 0 Å². The summed E-state index contributed by atoms with van der Waals surface area (Å²) >= 11 is 0. The molecule has 1 atom stereocenters. The number of halogens is 1. The summed E-state index contributed by atoms with van der Waals surface area (Å²) in [7, 11) is 0. The predicted molar refractivity (Wildman–Crippen MR) is 60.4 cm³/mol. The molecule has 0 fully saturated rings. The molecular weight excluding hydrogens is 214 g/mol. The maximum atomic E-state index is 10.6. The third-order valence-corrected chi connectivity index (χ3v) is 2.59. The van der Waals surface area contributed by atoms with Crippen LogP contribution >= 0.6 is 12.4 Å². The van der Waals surface area contributed by atoms with Crippen molar-refractivity contribution in [2.75, 3.05) is 6.54 Å². The van der Waals surface area contributed by atoms with E-state index in [0.717, 1.165) is 18.5 Å². The molecule has 0 saturated carbocycles. The van der Waals surface area contributed by atoms with Crippen LogP contribution in [0.25, 0.3) is 0 Å². The largest absolute Gasteiger partial charge is 0.481 e. The molecule has 1 heterocycles. The number of fused-ring (bicyclic) bond motifs is 1. The molecule has 15 heavy (non-hydrogen) atoms. The van der Waals surface area contributed by atoms with Crippen molar-refractivity contribution >= 4 is 18.4 Å². The highest BCUT2D eigenvalue weighted by atomic mass is 35.5. The fraction of sp³-hybridized carbons (Fsp3) is 0.364. The van der Waals surface area contributed by atoms with E-state index in [1.807, 2.05) is 18.2 Å². The second kappa shape index (κ2) is 5.14. The average molecular weight is 228 g/mol. The number of benzene rings is 1. The molecule has 1 aromatic carbocycles. The Morgan fingerprint density at radius 3 is 2.93 bits per heavy atom. The van der Waals surface area contributed by atoms with Crippen molar-refractivity contribution in [3.63, 3.8) is 0 Å². The van der Waals surface area contributed by atoms with E-state index >= 15 is 0 Å². The van der Waals surface area contributed by atoms with Crippen LogP contribution in [-0.2, 0) is 11.2 Å². The fourth-order valence-electron chi connectivity index (χ4n) is 1.95. The smallest absolute Gasteiger partial charge is 0.305 e. The van der Waals surface area contributed by atoms with Crippen LogP contribution in [0, 0.1) is 0 Å². The van der Waals surface area contributed by atoms with E-state index in [0.29, 0.717) is 0 Å². The van der Waals surface area contributed by atoms with Crippen LogP contribution in [0.1, 0.15) is 23.6 Å². The van der Waals surface area contributed by atoms with E-state index in [2.05, 4.69) is 11.4 Å². The normalized spacial score (nSPS) is 18.8. The Morgan fingerprint density at radius 2 is 2.20 bits per heavy atom. The number of carboxylic acid groups (broad SMARTS) is 1. The summed E-state index contributed by atoms with van der Waals surface area (Å²) in [4.78, 5) is 10.6. The highest BCUT2D eigenvalue weighted by Gasteiger charge is 2.20. The van der Waals surface area contributed by atoms with Gasteiger partial charge < -0.3 is 10.4 Å². The van der Waals surface area contributed by atoms with Gasteiger partial charge in [-0.25, -0.2) is 0 Å². The first kappa shape index (κ1) is 12.0. The van der Waals surface area contributed by atoms with E-state index in [4.69, 9.17) is 5.11 Å². The number of carboxylic acids is 1. The summed E-state index contributed by atoms with van der Waals surface area (Å²) in [6, 6.07) is 8.03. The highest BCUT2D eigenvalue weighted by Crippen LogP contribution is 2.24. The van der Waals surface area contributed by atoms with E-state index in [9.17, 15) is 4.79 Å². The van der Waals surface area contributed by atoms with E-state index in [1.54, 1.807) is 0 Å². The molecule has 1 aromatic rings. The molecule has 0 bridgehead atoms. The lowest BCUT2D eigenvalue weighted by atomic mass is 9.93. The quantitative estimate of drug-likeness (QED) is 0.810. The number of hydrogen-bond donors (Lipinski definition) is 2. The van der Waals surface area contributed by atoms with Gasteiger partial charge in [0, 0.05) is 6.04 Å². The zero-order valence-electron chi connectivity index (χ0n) is 8.27. The monoisotopic (exact) mass is 227 g/mol. The second-order valence-electron chi connectivity index (χ2n) is 3.55. The van der Waals surface area contributed by atoms with E-state index < -0.39 is 5.97 Å². The van der Waals surface area contributed by atoms with Crippen molar-refractivity contribution < 1.29 is 9.90 Å². The zero-order valence-corrected chi connectivity index (χ0v) is 9.09. The number of rotatable bonds is 2. The summed E-state index contributed by atoms with van der Waals surface area (Å²) in [6.45, 7) is 0.870. The van der Waals surface area contributed by atoms with Gasteiger partial charge in [-0.15, -0.1) is 12.4 Å². The summed E-state index contributed by atoms with van der Waals surface area (Å²) in [5, 5.41) is 12.0. The summed E-state index contributed by atoms with van der Waals surface area (Å²) in [5.41, 5.74) is 2.42. The van der Waals surface area contributed by atoms with Crippen LogP contribution < -0.4 is 5.32 Å². The third-order valence-electron chi connectivity index (χ3n) is 2.59. The number of aliphatic carboxylic acids is 1. The van der Waals surface area contributed by atoms with Crippen LogP contribution in [-0.4, -0.2) is 17.6 Å². The van der Waals surface area contributed by atoms with Crippen molar-refractivity contribution in [2.24, 2.45) is 0 Å². The summed E-state index contributed by atoms with van der Waals surface area (Å²) in [5.74, 6) is -0.751. The van der Waals surface area contributed by atoms with Gasteiger partial charge >= 0.3 is 5.97 Å². The van der Waals surface area contributed by atoms with Crippen LogP contribution in [0.4, 0.5) is 0 Å². The van der Waals surface area contributed by atoms with Crippen LogP contribution in [0.2, 0.25) is 0 Å². The lowest BCUT2D eigenvalue weighted by Crippen LogP contribution is -2.31. The predicted octanol–water partition coefficient (Wildman–Crippen LogP) is 1.77. The van der Waals surface area contributed by atoms with Gasteiger partial charge in [0.1, 0.15) is 0 Å². The fourth-order valence-corrected chi connectivity index (χ4v) is 1.95. The van der Waals surface area contributed by atoms with Crippen molar-refractivity contribution in [2.45, 2.75) is 18.9 Å². The molecule has 82 valence electrons. The number of nitrogens with one attached hydrogen (secondary N) is 1. The molecule has 1 unspecified atom stereocenters. The molecule has 4 heteroatoms. The van der Waals surface area contributed by atoms with Gasteiger partial charge in [0.05, 0.1) is 6.42 Å². The molecule has 0 spiro atoms. The molecule has 2 N–H and O–H groups in total. The summed E-state index contributed by atoms with van der Waals surface area (Å²) in [6.07, 6.45) is 1.16. The zero-order chi connectivity index (χ0) is 9.97. The first-order valence-corrected chi connectivity index (χ1v) is 4.80. The minimum atomic E-state index is -0.751. The van der Waals surface area contributed by atoms with Gasteiger partial charge in [-0.2, -0.15) is 0 Å². The minimum Gasteiger partial charge on any atom is -0.481 e. The molecule has 1 aliphatic heterocycles. The maximum absolute atomic E-state index is 10.6. The molecule has 0 amide bonds. The molecule has 3 nitrogen and oxygen atoms in total. The van der Waals surface area contributed by atoms with Crippen molar-refractivity contribution in [3.05, 3.63) is 35.4 Å². The van der Waals surface area contributed by atoms with Gasteiger partial charge in [-0.3, -0.25) is 4.79 Å². The Kier molecular flexibility index (Phi) is 4.12. The van der Waals surface area contributed by atoms with Crippen molar-refractivity contribution in [3.8, 4) is 0 Å². The molecule has 0 radical (unpaired) electrons. The molecule has 0 aromatic heterocycles. The first-order chi connectivity index (χ1) is 6.77. The van der Waals surface area contributed by atoms with Crippen LogP contribution in [0.5, 0.6) is 0 Å². The van der Waals surface area contributed by atoms with Gasteiger partial charge in [0.15, 0.2) is 0 Å². The molecular formula is C11H14ClNO2. The Bertz CT molecular complexity index is 354. The van der Waals surface area contributed by atoms with Crippen molar-refractivity contribution in [1.29, 1.82) is 0 Å². The minimum absolute atomic E-state index is 0. The van der Waals surface area contributed by atoms with Gasteiger partial charge in [-0.1, -0.05) is 24.3 Å². The van der Waals surface area contributed by atoms with Crippen LogP contribution in [0.15, 0.2) is 24.3 Å². The Balaban J connectivity index is 0.00000112. The van der Waals surface area contributed by atoms with E-state index in [1.165, 1.54) is 5.56 Å². The Hall–Kier alpha value is -1.06. The highest BCUT2D eigenvalue weighted by molar-refractivity contribution is 5.85. The van der Waals surface area contributed by atoms with E-state index in [-0.39, 0.29) is 24.9 Å². The SMILES string of the molecule is Cl.O=C(O)CC1NCCc2ccccc21. The first-order valence-electron chi connectivity index (χ1n) is 4.80. The van der Waals surface area contributed by atoms with Gasteiger partial charge in [-0.05, 0) is 24.1 Å². The number of carbonyl (C=O) groups is 1. The average Bonchev–Trinajstić information content (AvgIpc) is 2.18. The standard InChI is InChI=1S/C11H13NO2.ClH/c13-11(14)7-10-9-4-2-1-3-8(9)5-6-12-10;/h1-4,10,12H,5-7H2,(H,13,14);1H.